The van der Waals surface area contributed by atoms with Gasteiger partial charge in [-0.05, 0) is 56.1 Å². The summed E-state index contributed by atoms with van der Waals surface area (Å²) in [5.74, 6) is -0.372. The minimum Gasteiger partial charge on any atom is -0.369 e. The summed E-state index contributed by atoms with van der Waals surface area (Å²) in [4.78, 5) is 13.3. The maximum Gasteiger partial charge on any atom is 0.220 e. The van der Waals surface area contributed by atoms with Crippen LogP contribution in [0.5, 0.6) is 0 Å². The van der Waals surface area contributed by atoms with Crippen molar-refractivity contribution >= 4 is 5.91 Å². The molecule has 1 aliphatic rings. The zero-order valence-electron chi connectivity index (χ0n) is 10.7. The summed E-state index contributed by atoms with van der Waals surface area (Å²) >= 11 is 0. The van der Waals surface area contributed by atoms with Gasteiger partial charge in [0, 0.05) is 12.5 Å². The number of nitrogens with zero attached hydrogens (tertiary/aromatic N) is 1. The van der Waals surface area contributed by atoms with Gasteiger partial charge in [0.25, 0.3) is 0 Å². The van der Waals surface area contributed by atoms with E-state index in [1.165, 1.54) is 6.07 Å². The maximum atomic E-state index is 13.3. The van der Waals surface area contributed by atoms with E-state index in [4.69, 9.17) is 5.73 Å². The molecule has 0 spiro atoms. The summed E-state index contributed by atoms with van der Waals surface area (Å²) in [6, 6.07) is 5.11. The average molecular weight is 250 g/mol. The quantitative estimate of drug-likeness (QED) is 0.889. The normalized spacial score (nSPS) is 17.9. The summed E-state index contributed by atoms with van der Waals surface area (Å²) in [6.45, 7) is 4.34. The number of benzene rings is 1. The van der Waals surface area contributed by atoms with Crippen molar-refractivity contribution in [1.82, 2.24) is 4.90 Å². The number of primary amides is 1. The van der Waals surface area contributed by atoms with Crippen LogP contribution in [0.4, 0.5) is 4.39 Å². The van der Waals surface area contributed by atoms with Crippen LogP contribution in [0, 0.1) is 18.7 Å². The summed E-state index contributed by atoms with van der Waals surface area (Å²) in [5, 5.41) is 0. The van der Waals surface area contributed by atoms with Crippen LogP contribution in [0.1, 0.15) is 24.0 Å². The number of rotatable bonds is 3. The molecule has 0 atom stereocenters. The molecule has 0 unspecified atom stereocenters. The molecule has 98 valence electrons. The Kier molecular flexibility index (Phi) is 3.97. The van der Waals surface area contributed by atoms with E-state index in [2.05, 4.69) is 4.90 Å². The second-order valence-electron chi connectivity index (χ2n) is 5.09. The van der Waals surface area contributed by atoms with E-state index in [0.29, 0.717) is 0 Å². The molecule has 1 aromatic carbocycles. The first-order chi connectivity index (χ1) is 8.54. The molecule has 1 aromatic rings. The Bertz CT molecular complexity index is 419. The highest BCUT2D eigenvalue weighted by Gasteiger charge is 2.22. The number of nitrogens with two attached hydrogens (primary N) is 1. The van der Waals surface area contributed by atoms with Crippen molar-refractivity contribution in [3.63, 3.8) is 0 Å². The van der Waals surface area contributed by atoms with Gasteiger partial charge in [-0.15, -0.1) is 0 Å². The first-order valence-corrected chi connectivity index (χ1v) is 6.32. The Balaban J connectivity index is 1.93. The van der Waals surface area contributed by atoms with Gasteiger partial charge in [0.15, 0.2) is 0 Å². The fourth-order valence-electron chi connectivity index (χ4n) is 2.54. The van der Waals surface area contributed by atoms with Crippen LogP contribution >= 0.6 is 0 Å². The average Bonchev–Trinajstić information content (AvgIpc) is 2.28. The van der Waals surface area contributed by atoms with E-state index < -0.39 is 0 Å². The van der Waals surface area contributed by atoms with E-state index in [1.54, 1.807) is 6.07 Å². The molecule has 18 heavy (non-hydrogen) atoms. The number of hydrogen-bond donors (Lipinski definition) is 1. The summed E-state index contributed by atoms with van der Waals surface area (Å²) in [5.41, 5.74) is 7.23. The van der Waals surface area contributed by atoms with E-state index in [9.17, 15) is 9.18 Å². The van der Waals surface area contributed by atoms with Gasteiger partial charge < -0.3 is 5.73 Å². The van der Waals surface area contributed by atoms with Gasteiger partial charge in [0.1, 0.15) is 5.82 Å². The molecule has 1 fully saturated rings. The van der Waals surface area contributed by atoms with Gasteiger partial charge in [0.05, 0.1) is 0 Å². The Morgan fingerprint density at radius 1 is 1.39 bits per heavy atom. The van der Waals surface area contributed by atoms with Gasteiger partial charge in [-0.2, -0.15) is 0 Å². The molecular formula is C14H19FN2O. The number of halogens is 1. The second-order valence-corrected chi connectivity index (χ2v) is 5.09. The number of carbonyl (C=O) groups is 1. The number of carbonyl (C=O) groups excluding carboxylic acids is 1. The Labute approximate surface area is 107 Å². The van der Waals surface area contributed by atoms with E-state index in [0.717, 1.165) is 43.6 Å². The summed E-state index contributed by atoms with van der Waals surface area (Å²) < 4.78 is 13.3. The van der Waals surface area contributed by atoms with Crippen molar-refractivity contribution in [3.05, 3.63) is 35.1 Å². The zero-order chi connectivity index (χ0) is 13.1. The molecule has 2 rings (SSSR count). The monoisotopic (exact) mass is 250 g/mol. The lowest BCUT2D eigenvalue weighted by atomic mass is 9.96. The number of hydrogen-bond acceptors (Lipinski definition) is 2. The minimum absolute atomic E-state index is 0.00972. The van der Waals surface area contributed by atoms with Crippen molar-refractivity contribution in [2.45, 2.75) is 26.3 Å². The molecule has 1 heterocycles. The highest BCUT2D eigenvalue weighted by Crippen LogP contribution is 2.19. The van der Waals surface area contributed by atoms with Crippen LogP contribution < -0.4 is 5.73 Å². The molecule has 0 bridgehead atoms. The SMILES string of the molecule is Cc1cc(F)cc(CN2CCC(C(N)=O)CC2)c1. The lowest BCUT2D eigenvalue weighted by Crippen LogP contribution is -2.38. The van der Waals surface area contributed by atoms with E-state index >= 15 is 0 Å². The molecule has 2 N–H and O–H groups in total. The lowest BCUT2D eigenvalue weighted by Gasteiger charge is -2.30. The molecule has 3 nitrogen and oxygen atoms in total. The zero-order valence-corrected chi connectivity index (χ0v) is 10.7. The van der Waals surface area contributed by atoms with Crippen molar-refractivity contribution in [2.75, 3.05) is 13.1 Å². The van der Waals surface area contributed by atoms with Crippen molar-refractivity contribution < 1.29 is 9.18 Å². The highest BCUT2D eigenvalue weighted by atomic mass is 19.1. The van der Waals surface area contributed by atoms with Crippen LogP contribution in [-0.4, -0.2) is 23.9 Å². The van der Waals surface area contributed by atoms with Gasteiger partial charge in [-0.1, -0.05) is 6.07 Å². The molecule has 1 aliphatic heterocycles. The van der Waals surface area contributed by atoms with E-state index in [1.807, 2.05) is 13.0 Å². The predicted molar refractivity (Wildman–Crippen MR) is 68.3 cm³/mol. The first kappa shape index (κ1) is 13.0. The molecule has 0 radical (unpaired) electrons. The molecule has 0 saturated carbocycles. The van der Waals surface area contributed by atoms with Crippen LogP contribution in [0.2, 0.25) is 0 Å². The Morgan fingerprint density at radius 3 is 2.61 bits per heavy atom. The largest absolute Gasteiger partial charge is 0.369 e. The Morgan fingerprint density at radius 2 is 2.06 bits per heavy atom. The fourth-order valence-corrected chi connectivity index (χ4v) is 2.54. The minimum atomic E-state index is -0.198. The molecular weight excluding hydrogens is 231 g/mol. The second kappa shape index (κ2) is 5.48. The topological polar surface area (TPSA) is 46.3 Å². The number of piperidine rings is 1. The molecule has 1 amide bonds. The van der Waals surface area contributed by atoms with Crippen molar-refractivity contribution in [3.8, 4) is 0 Å². The number of aryl methyl sites for hydroxylation is 1. The standard InChI is InChI=1S/C14H19FN2O/c1-10-6-11(8-13(15)7-10)9-17-4-2-12(3-5-17)14(16)18/h6-8,12H,2-5,9H2,1H3,(H2,16,18). The summed E-state index contributed by atoms with van der Waals surface area (Å²) in [7, 11) is 0. The third kappa shape index (κ3) is 3.29. The van der Waals surface area contributed by atoms with Gasteiger partial charge in [-0.3, -0.25) is 9.69 Å². The molecule has 0 aliphatic carbocycles. The van der Waals surface area contributed by atoms with Gasteiger partial charge >= 0.3 is 0 Å². The predicted octanol–water partition coefficient (Wildman–Crippen LogP) is 1.83. The lowest BCUT2D eigenvalue weighted by molar-refractivity contribution is -0.123. The highest BCUT2D eigenvalue weighted by molar-refractivity contribution is 5.76. The molecule has 1 saturated heterocycles. The summed E-state index contributed by atoms with van der Waals surface area (Å²) in [6.07, 6.45) is 1.62. The maximum absolute atomic E-state index is 13.3. The fraction of sp³-hybridized carbons (Fsp3) is 0.500. The smallest absolute Gasteiger partial charge is 0.220 e. The number of likely N-dealkylation sites (tertiary alicyclic amines) is 1. The number of amides is 1. The Hall–Kier alpha value is -1.42. The third-order valence-corrected chi connectivity index (χ3v) is 3.50. The molecule has 4 heteroatoms. The first-order valence-electron chi connectivity index (χ1n) is 6.32. The van der Waals surface area contributed by atoms with Crippen LogP contribution in [0.15, 0.2) is 18.2 Å². The van der Waals surface area contributed by atoms with Crippen molar-refractivity contribution in [2.24, 2.45) is 11.7 Å². The van der Waals surface area contributed by atoms with Crippen LogP contribution in [0.25, 0.3) is 0 Å². The van der Waals surface area contributed by atoms with Gasteiger partial charge in [0.2, 0.25) is 5.91 Å². The van der Waals surface area contributed by atoms with Crippen molar-refractivity contribution in [1.29, 1.82) is 0 Å². The molecule has 0 aromatic heterocycles. The van der Waals surface area contributed by atoms with Gasteiger partial charge in [-0.25, -0.2) is 4.39 Å². The van der Waals surface area contributed by atoms with Crippen LogP contribution in [0.3, 0.4) is 0 Å². The third-order valence-electron chi connectivity index (χ3n) is 3.50. The van der Waals surface area contributed by atoms with Crippen LogP contribution in [-0.2, 0) is 11.3 Å². The van der Waals surface area contributed by atoms with E-state index in [-0.39, 0.29) is 17.6 Å².